The van der Waals surface area contributed by atoms with Crippen LogP contribution < -0.4 is 0 Å². The zero-order valence-electron chi connectivity index (χ0n) is 5.88. The van der Waals surface area contributed by atoms with Gasteiger partial charge in [-0.25, -0.2) is 0 Å². The lowest BCUT2D eigenvalue weighted by molar-refractivity contribution is 0.0747. The van der Waals surface area contributed by atoms with Crippen LogP contribution in [-0.4, -0.2) is 11.2 Å². The predicted molar refractivity (Wildman–Crippen MR) is 36.0 cm³/mol. The highest BCUT2D eigenvalue weighted by Gasteiger charge is 2.44. The summed E-state index contributed by atoms with van der Waals surface area (Å²) in [7, 11) is 0. The van der Waals surface area contributed by atoms with Crippen LogP contribution in [0.15, 0.2) is 0 Å². The molecule has 2 saturated carbocycles. The molecule has 1 heteroatoms. The molecule has 0 aromatic rings. The molecule has 2 fully saturated rings. The summed E-state index contributed by atoms with van der Waals surface area (Å²) in [5, 5.41) is 9.37. The minimum atomic E-state index is 0.0220. The van der Waals surface area contributed by atoms with Gasteiger partial charge in [0.1, 0.15) is 0 Å². The van der Waals surface area contributed by atoms with Crippen molar-refractivity contribution < 1.29 is 5.11 Å². The second kappa shape index (κ2) is 1.72. The molecule has 0 radical (unpaired) electrons. The van der Waals surface area contributed by atoms with E-state index >= 15 is 0 Å². The zero-order valence-corrected chi connectivity index (χ0v) is 5.88. The van der Waals surface area contributed by atoms with Gasteiger partial charge >= 0.3 is 0 Å². The summed E-state index contributed by atoms with van der Waals surface area (Å²) in [6.45, 7) is 2.17. The second-order valence-corrected chi connectivity index (χ2v) is 3.77. The van der Waals surface area contributed by atoms with E-state index in [1.54, 1.807) is 0 Å². The highest BCUT2D eigenvalue weighted by molar-refractivity contribution is 4.94. The third kappa shape index (κ3) is 0.877. The average Bonchev–Trinajstić information content (AvgIpc) is 2.46. The molecule has 2 aliphatic carbocycles. The molecule has 1 N–H and O–H groups in total. The van der Waals surface area contributed by atoms with Crippen LogP contribution in [0.25, 0.3) is 0 Å². The van der Waals surface area contributed by atoms with E-state index in [0.717, 1.165) is 18.3 Å². The van der Waals surface area contributed by atoms with Gasteiger partial charge in [0.05, 0.1) is 6.10 Å². The number of aliphatic hydroxyl groups excluding tert-OH is 1. The molecule has 2 aliphatic rings. The lowest BCUT2D eigenvalue weighted by Gasteiger charge is -2.22. The molecule has 0 saturated heterocycles. The fraction of sp³-hybridized carbons (Fsp3) is 1.00. The van der Waals surface area contributed by atoms with Gasteiger partial charge < -0.3 is 5.11 Å². The van der Waals surface area contributed by atoms with Crippen LogP contribution in [0, 0.1) is 17.8 Å². The van der Waals surface area contributed by atoms with E-state index in [1.807, 2.05) is 0 Å². The first kappa shape index (κ1) is 5.72. The van der Waals surface area contributed by atoms with E-state index in [4.69, 9.17) is 0 Å². The second-order valence-electron chi connectivity index (χ2n) is 3.77. The molecule has 0 amide bonds. The first-order valence-electron chi connectivity index (χ1n) is 3.95. The maximum Gasteiger partial charge on any atom is 0.0568 e. The van der Waals surface area contributed by atoms with Crippen LogP contribution >= 0.6 is 0 Å². The zero-order chi connectivity index (χ0) is 6.43. The first-order valence-corrected chi connectivity index (χ1v) is 3.95. The van der Waals surface area contributed by atoms with Crippen LogP contribution in [0.1, 0.15) is 26.2 Å². The quantitative estimate of drug-likeness (QED) is 0.520. The minimum Gasteiger partial charge on any atom is -0.393 e. The summed E-state index contributed by atoms with van der Waals surface area (Å²) in [4.78, 5) is 0. The molecule has 52 valence electrons. The maximum absolute atomic E-state index is 9.37. The molecule has 0 heterocycles. The van der Waals surface area contributed by atoms with Crippen molar-refractivity contribution in [3.05, 3.63) is 0 Å². The normalized spacial score (nSPS) is 56.7. The van der Waals surface area contributed by atoms with Crippen molar-refractivity contribution in [2.24, 2.45) is 17.8 Å². The van der Waals surface area contributed by atoms with E-state index in [1.165, 1.54) is 12.8 Å². The highest BCUT2D eigenvalue weighted by Crippen LogP contribution is 2.51. The van der Waals surface area contributed by atoms with Gasteiger partial charge in [0.15, 0.2) is 0 Å². The Balaban J connectivity index is 1.98. The topological polar surface area (TPSA) is 20.2 Å². The molecular formula is C8H14O. The van der Waals surface area contributed by atoms with Crippen LogP contribution in [0.5, 0.6) is 0 Å². The molecular weight excluding hydrogens is 112 g/mol. The van der Waals surface area contributed by atoms with Crippen LogP contribution in [0.3, 0.4) is 0 Å². The molecule has 4 unspecified atom stereocenters. The predicted octanol–water partition coefficient (Wildman–Crippen LogP) is 1.41. The Hall–Kier alpha value is -0.0400. The van der Waals surface area contributed by atoms with Crippen molar-refractivity contribution in [2.45, 2.75) is 32.3 Å². The van der Waals surface area contributed by atoms with Crippen molar-refractivity contribution in [2.75, 3.05) is 0 Å². The Bertz CT molecular complexity index is 108. The molecule has 4 atom stereocenters. The van der Waals surface area contributed by atoms with E-state index in [-0.39, 0.29) is 6.10 Å². The van der Waals surface area contributed by atoms with Gasteiger partial charge in [-0.2, -0.15) is 0 Å². The number of hydrogen-bond donors (Lipinski definition) is 1. The van der Waals surface area contributed by atoms with Crippen molar-refractivity contribution in [3.8, 4) is 0 Å². The number of aliphatic hydroxyl groups is 1. The van der Waals surface area contributed by atoms with Gasteiger partial charge in [0.2, 0.25) is 0 Å². The monoisotopic (exact) mass is 126 g/mol. The molecule has 0 aromatic carbocycles. The Kier molecular flexibility index (Phi) is 1.10. The van der Waals surface area contributed by atoms with Gasteiger partial charge in [-0.05, 0) is 37.0 Å². The van der Waals surface area contributed by atoms with Crippen molar-refractivity contribution >= 4 is 0 Å². The molecule has 0 aliphatic heterocycles. The van der Waals surface area contributed by atoms with Crippen LogP contribution in [0.4, 0.5) is 0 Å². The Morgan fingerprint density at radius 2 is 1.78 bits per heavy atom. The van der Waals surface area contributed by atoms with Gasteiger partial charge in [0.25, 0.3) is 0 Å². The summed E-state index contributed by atoms with van der Waals surface area (Å²) >= 11 is 0. The van der Waals surface area contributed by atoms with Gasteiger partial charge in [-0.15, -0.1) is 0 Å². The summed E-state index contributed by atoms with van der Waals surface area (Å²) in [6, 6.07) is 0. The van der Waals surface area contributed by atoms with E-state index in [9.17, 15) is 5.11 Å². The SMILES string of the molecule is CC1CC2CC2CC1O. The van der Waals surface area contributed by atoms with Crippen LogP contribution in [-0.2, 0) is 0 Å². The molecule has 0 spiro atoms. The summed E-state index contributed by atoms with van der Waals surface area (Å²) in [5.74, 6) is 2.49. The lowest BCUT2D eigenvalue weighted by Crippen LogP contribution is -2.22. The smallest absolute Gasteiger partial charge is 0.0568 e. The third-order valence-electron chi connectivity index (χ3n) is 2.94. The van der Waals surface area contributed by atoms with Crippen molar-refractivity contribution in [1.29, 1.82) is 0 Å². The van der Waals surface area contributed by atoms with Crippen molar-refractivity contribution in [1.82, 2.24) is 0 Å². The Morgan fingerprint density at radius 3 is 2.44 bits per heavy atom. The molecule has 1 nitrogen and oxygen atoms in total. The van der Waals surface area contributed by atoms with E-state index < -0.39 is 0 Å². The Morgan fingerprint density at radius 1 is 1.11 bits per heavy atom. The fourth-order valence-corrected chi connectivity index (χ4v) is 2.06. The summed E-state index contributed by atoms with van der Waals surface area (Å²) in [6.07, 6.45) is 3.80. The fourth-order valence-electron chi connectivity index (χ4n) is 2.06. The standard InChI is InChI=1S/C8H14O/c1-5-2-6-3-7(6)4-8(5)9/h5-9H,2-4H2,1H3. The molecule has 2 rings (SSSR count). The average molecular weight is 126 g/mol. The largest absolute Gasteiger partial charge is 0.393 e. The number of fused-ring (bicyclic) bond motifs is 1. The van der Waals surface area contributed by atoms with Gasteiger partial charge in [0, 0.05) is 0 Å². The van der Waals surface area contributed by atoms with Gasteiger partial charge in [-0.1, -0.05) is 6.92 Å². The van der Waals surface area contributed by atoms with E-state index in [2.05, 4.69) is 6.92 Å². The summed E-state index contributed by atoms with van der Waals surface area (Å²) < 4.78 is 0. The molecule has 0 bridgehead atoms. The first-order chi connectivity index (χ1) is 4.27. The molecule has 9 heavy (non-hydrogen) atoms. The van der Waals surface area contributed by atoms with E-state index in [0.29, 0.717) is 5.92 Å². The maximum atomic E-state index is 9.37. The third-order valence-corrected chi connectivity index (χ3v) is 2.94. The van der Waals surface area contributed by atoms with Crippen molar-refractivity contribution in [3.63, 3.8) is 0 Å². The minimum absolute atomic E-state index is 0.0220. The number of hydrogen-bond acceptors (Lipinski definition) is 1. The van der Waals surface area contributed by atoms with Crippen LogP contribution in [0.2, 0.25) is 0 Å². The Labute approximate surface area is 56.1 Å². The highest BCUT2D eigenvalue weighted by atomic mass is 16.3. The van der Waals surface area contributed by atoms with Gasteiger partial charge in [-0.3, -0.25) is 0 Å². The summed E-state index contributed by atoms with van der Waals surface area (Å²) in [5.41, 5.74) is 0. The lowest BCUT2D eigenvalue weighted by atomic mass is 9.88. The molecule has 0 aromatic heterocycles. The number of rotatable bonds is 0.